The number of hydrogen-bond acceptors (Lipinski definition) is 2. The molecule has 2 heteroatoms. The Bertz CT molecular complexity index is 109. The zero-order valence-electron chi connectivity index (χ0n) is 5.81. The number of nitrogens with one attached hydrogen (secondary N) is 1. The van der Waals surface area contributed by atoms with Gasteiger partial charge in [0.2, 0.25) is 0 Å². The Morgan fingerprint density at radius 1 is 1.78 bits per heavy atom. The highest BCUT2D eigenvalue weighted by Crippen LogP contribution is 2.07. The maximum Gasteiger partial charge on any atom is 0.0912 e. The minimum absolute atomic E-state index is 0.876. The predicted molar refractivity (Wildman–Crippen MR) is 37.2 cm³/mol. The van der Waals surface area contributed by atoms with Gasteiger partial charge in [-0.3, -0.25) is 0 Å². The molecule has 0 bridgehead atoms. The van der Waals surface area contributed by atoms with Crippen LogP contribution in [0.15, 0.2) is 11.8 Å². The maximum atomic E-state index is 5.05. The van der Waals surface area contributed by atoms with Gasteiger partial charge in [0, 0.05) is 13.0 Å². The summed E-state index contributed by atoms with van der Waals surface area (Å²) in [5, 5.41) is 3.24. The standard InChI is InChI=1S/C7H13NO/c1-2-8-5-7-3-4-9-6-7/h6,8H,2-5H2,1H3. The number of rotatable bonds is 3. The van der Waals surface area contributed by atoms with Gasteiger partial charge in [-0.05, 0) is 12.1 Å². The lowest BCUT2D eigenvalue weighted by Gasteiger charge is -1.97. The zero-order chi connectivity index (χ0) is 6.53. The van der Waals surface area contributed by atoms with Crippen molar-refractivity contribution in [2.45, 2.75) is 13.3 Å². The summed E-state index contributed by atoms with van der Waals surface area (Å²) >= 11 is 0. The van der Waals surface area contributed by atoms with E-state index in [0.29, 0.717) is 0 Å². The summed E-state index contributed by atoms with van der Waals surface area (Å²) in [5.41, 5.74) is 1.39. The summed E-state index contributed by atoms with van der Waals surface area (Å²) < 4.78 is 5.05. The third-order valence-electron chi connectivity index (χ3n) is 1.39. The highest BCUT2D eigenvalue weighted by atomic mass is 16.5. The van der Waals surface area contributed by atoms with E-state index >= 15 is 0 Å². The molecule has 0 aromatic carbocycles. The molecule has 2 nitrogen and oxygen atoms in total. The summed E-state index contributed by atoms with van der Waals surface area (Å²) in [6.45, 7) is 5.02. The first-order chi connectivity index (χ1) is 4.43. The Labute approximate surface area is 55.9 Å². The van der Waals surface area contributed by atoms with Crippen LogP contribution in [0.2, 0.25) is 0 Å². The van der Waals surface area contributed by atoms with Gasteiger partial charge in [-0.25, -0.2) is 0 Å². The van der Waals surface area contributed by atoms with E-state index in [0.717, 1.165) is 26.1 Å². The van der Waals surface area contributed by atoms with Crippen molar-refractivity contribution >= 4 is 0 Å². The quantitative estimate of drug-likeness (QED) is 0.608. The normalized spacial score (nSPS) is 17.2. The van der Waals surface area contributed by atoms with Crippen LogP contribution >= 0.6 is 0 Å². The largest absolute Gasteiger partial charge is 0.501 e. The van der Waals surface area contributed by atoms with Crippen molar-refractivity contribution in [3.05, 3.63) is 11.8 Å². The van der Waals surface area contributed by atoms with Crippen LogP contribution in [0.4, 0.5) is 0 Å². The van der Waals surface area contributed by atoms with E-state index in [2.05, 4.69) is 12.2 Å². The summed E-state index contributed by atoms with van der Waals surface area (Å²) in [4.78, 5) is 0. The fraction of sp³-hybridized carbons (Fsp3) is 0.714. The zero-order valence-corrected chi connectivity index (χ0v) is 5.81. The van der Waals surface area contributed by atoms with Gasteiger partial charge in [-0.15, -0.1) is 0 Å². The first kappa shape index (κ1) is 6.62. The van der Waals surface area contributed by atoms with Gasteiger partial charge in [-0.2, -0.15) is 0 Å². The summed E-state index contributed by atoms with van der Waals surface area (Å²) in [5.74, 6) is 0. The molecule has 0 atom stereocenters. The van der Waals surface area contributed by atoms with E-state index in [9.17, 15) is 0 Å². The highest BCUT2D eigenvalue weighted by Gasteiger charge is 2.02. The van der Waals surface area contributed by atoms with Crippen LogP contribution in [0.25, 0.3) is 0 Å². The second kappa shape index (κ2) is 3.51. The van der Waals surface area contributed by atoms with Crippen LogP contribution in [-0.4, -0.2) is 19.7 Å². The molecule has 9 heavy (non-hydrogen) atoms. The smallest absolute Gasteiger partial charge is 0.0912 e. The molecule has 0 spiro atoms. The molecule has 1 aliphatic rings. The average Bonchev–Trinajstić information content (AvgIpc) is 2.34. The number of likely N-dealkylation sites (N-methyl/N-ethyl adjacent to an activating group) is 1. The lowest BCUT2D eigenvalue weighted by atomic mass is 10.2. The molecule has 0 radical (unpaired) electrons. The fourth-order valence-electron chi connectivity index (χ4n) is 0.841. The lowest BCUT2D eigenvalue weighted by Crippen LogP contribution is -2.15. The number of ether oxygens (including phenoxy) is 1. The molecule has 0 aliphatic carbocycles. The summed E-state index contributed by atoms with van der Waals surface area (Å²) in [6, 6.07) is 0. The van der Waals surface area contributed by atoms with Gasteiger partial charge in [0.05, 0.1) is 12.9 Å². The van der Waals surface area contributed by atoms with E-state index in [4.69, 9.17) is 4.74 Å². The second-order valence-corrected chi connectivity index (χ2v) is 2.18. The van der Waals surface area contributed by atoms with Gasteiger partial charge in [0.15, 0.2) is 0 Å². The van der Waals surface area contributed by atoms with E-state index in [1.165, 1.54) is 5.57 Å². The van der Waals surface area contributed by atoms with Crippen molar-refractivity contribution in [2.24, 2.45) is 0 Å². The van der Waals surface area contributed by atoms with Crippen LogP contribution in [0.3, 0.4) is 0 Å². The molecule has 0 fully saturated rings. The summed E-state index contributed by atoms with van der Waals surface area (Å²) in [7, 11) is 0. The van der Waals surface area contributed by atoms with Crippen LogP contribution < -0.4 is 5.32 Å². The Morgan fingerprint density at radius 3 is 3.22 bits per heavy atom. The lowest BCUT2D eigenvalue weighted by molar-refractivity contribution is 0.281. The minimum Gasteiger partial charge on any atom is -0.501 e. The van der Waals surface area contributed by atoms with Crippen LogP contribution in [0.5, 0.6) is 0 Å². The van der Waals surface area contributed by atoms with Gasteiger partial charge < -0.3 is 10.1 Å². The molecule has 0 saturated carbocycles. The third kappa shape index (κ3) is 2.06. The molecule has 0 aromatic rings. The monoisotopic (exact) mass is 127 g/mol. The predicted octanol–water partition coefficient (Wildman–Crippen LogP) is 0.900. The second-order valence-electron chi connectivity index (χ2n) is 2.18. The van der Waals surface area contributed by atoms with Crippen molar-refractivity contribution in [3.8, 4) is 0 Å². The first-order valence-corrected chi connectivity index (χ1v) is 3.43. The molecular formula is C7H13NO. The molecule has 0 aromatic heterocycles. The molecule has 1 heterocycles. The van der Waals surface area contributed by atoms with Gasteiger partial charge in [-0.1, -0.05) is 6.92 Å². The molecule has 0 saturated heterocycles. The fourth-order valence-corrected chi connectivity index (χ4v) is 0.841. The molecule has 52 valence electrons. The molecule has 1 rings (SSSR count). The van der Waals surface area contributed by atoms with E-state index in [-0.39, 0.29) is 0 Å². The molecular weight excluding hydrogens is 114 g/mol. The van der Waals surface area contributed by atoms with Crippen molar-refractivity contribution in [1.29, 1.82) is 0 Å². The molecule has 1 aliphatic heterocycles. The highest BCUT2D eigenvalue weighted by molar-refractivity contribution is 5.03. The number of hydrogen-bond donors (Lipinski definition) is 1. The van der Waals surface area contributed by atoms with Crippen molar-refractivity contribution in [3.63, 3.8) is 0 Å². The molecule has 0 amide bonds. The maximum absolute atomic E-state index is 5.05. The van der Waals surface area contributed by atoms with Crippen LogP contribution in [0, 0.1) is 0 Å². The van der Waals surface area contributed by atoms with E-state index in [1.54, 1.807) is 0 Å². The topological polar surface area (TPSA) is 21.3 Å². The Balaban J connectivity index is 2.11. The van der Waals surface area contributed by atoms with Crippen LogP contribution in [-0.2, 0) is 4.74 Å². The van der Waals surface area contributed by atoms with E-state index < -0.39 is 0 Å². The Hall–Kier alpha value is -0.500. The average molecular weight is 127 g/mol. The molecule has 1 N–H and O–H groups in total. The Kier molecular flexibility index (Phi) is 2.58. The van der Waals surface area contributed by atoms with Crippen molar-refractivity contribution in [1.82, 2.24) is 5.32 Å². The Morgan fingerprint density at radius 2 is 2.67 bits per heavy atom. The minimum atomic E-state index is 0.876. The third-order valence-corrected chi connectivity index (χ3v) is 1.39. The molecule has 0 unspecified atom stereocenters. The van der Waals surface area contributed by atoms with Gasteiger partial charge >= 0.3 is 0 Å². The van der Waals surface area contributed by atoms with E-state index in [1.807, 2.05) is 6.26 Å². The van der Waals surface area contributed by atoms with Crippen molar-refractivity contribution < 1.29 is 4.74 Å². The first-order valence-electron chi connectivity index (χ1n) is 3.43. The van der Waals surface area contributed by atoms with Gasteiger partial charge in [0.25, 0.3) is 0 Å². The van der Waals surface area contributed by atoms with Crippen LogP contribution in [0.1, 0.15) is 13.3 Å². The SMILES string of the molecule is CCNCC1=COCC1. The summed E-state index contributed by atoms with van der Waals surface area (Å²) in [6.07, 6.45) is 2.97. The van der Waals surface area contributed by atoms with Crippen molar-refractivity contribution in [2.75, 3.05) is 19.7 Å². The van der Waals surface area contributed by atoms with Gasteiger partial charge in [0.1, 0.15) is 0 Å².